The van der Waals surface area contributed by atoms with Crippen LogP contribution in [0.4, 0.5) is 0 Å². The maximum Gasteiger partial charge on any atom is 0.130 e. The molecule has 0 aromatic heterocycles. The smallest absolute Gasteiger partial charge is 0.130 e. The molecule has 0 radical (unpaired) electrons. The monoisotopic (exact) mass is 332 g/mol. The van der Waals surface area contributed by atoms with Gasteiger partial charge in [0.25, 0.3) is 0 Å². The van der Waals surface area contributed by atoms with Crippen molar-refractivity contribution in [1.82, 2.24) is 0 Å². The molecular weight excluding hydrogens is 300 g/mol. The number of aromatic hydroxyl groups is 2. The van der Waals surface area contributed by atoms with Crippen molar-refractivity contribution in [3.8, 4) is 17.2 Å². The number of phenolic OH excluding ortho intramolecular Hbond substituents is 2. The van der Waals surface area contributed by atoms with E-state index in [0.29, 0.717) is 24.7 Å². The Kier molecular flexibility index (Phi) is 8.45. The second kappa shape index (κ2) is 10.1. The standard InChI is InChI=1S/C21H32O3/c1-15(2)8-10-17(5)7-6-12-24-21-14-18(22)13-20(23)19(21)11-9-16(3)4/h8-9,13-14,17,22-23H,6-7,10-12H2,1-5H3. The second-order valence-corrected chi connectivity index (χ2v) is 7.04. The Morgan fingerprint density at radius 1 is 1.08 bits per heavy atom. The predicted octanol–water partition coefficient (Wildman–Crippen LogP) is 5.76. The van der Waals surface area contributed by atoms with E-state index in [1.807, 2.05) is 19.9 Å². The van der Waals surface area contributed by atoms with Gasteiger partial charge in [0.2, 0.25) is 0 Å². The Labute approximate surface area is 146 Å². The molecule has 2 N–H and O–H groups in total. The van der Waals surface area contributed by atoms with Gasteiger partial charge >= 0.3 is 0 Å². The fourth-order valence-electron chi connectivity index (χ4n) is 2.43. The van der Waals surface area contributed by atoms with E-state index in [-0.39, 0.29) is 11.5 Å². The minimum atomic E-state index is 0.0281. The van der Waals surface area contributed by atoms with Gasteiger partial charge in [0.1, 0.15) is 17.2 Å². The lowest BCUT2D eigenvalue weighted by atomic mass is 10.0. The highest BCUT2D eigenvalue weighted by atomic mass is 16.5. The van der Waals surface area contributed by atoms with Gasteiger partial charge in [0.05, 0.1) is 6.61 Å². The second-order valence-electron chi connectivity index (χ2n) is 7.04. The fourth-order valence-corrected chi connectivity index (χ4v) is 2.43. The number of hydrogen-bond acceptors (Lipinski definition) is 3. The van der Waals surface area contributed by atoms with Crippen LogP contribution in [0.25, 0.3) is 0 Å². The third-order valence-corrected chi connectivity index (χ3v) is 3.91. The van der Waals surface area contributed by atoms with Crippen molar-refractivity contribution >= 4 is 0 Å². The molecule has 134 valence electrons. The summed E-state index contributed by atoms with van der Waals surface area (Å²) in [6.45, 7) is 11.1. The normalized spacial score (nSPS) is 11.7. The molecule has 0 amide bonds. The first-order valence-corrected chi connectivity index (χ1v) is 8.74. The molecule has 0 fully saturated rings. The topological polar surface area (TPSA) is 49.7 Å². The first kappa shape index (κ1) is 20.1. The molecule has 1 rings (SSSR count). The first-order valence-electron chi connectivity index (χ1n) is 8.74. The average molecular weight is 332 g/mol. The molecule has 0 heterocycles. The van der Waals surface area contributed by atoms with E-state index in [2.05, 4.69) is 26.8 Å². The molecule has 0 bridgehead atoms. The summed E-state index contributed by atoms with van der Waals surface area (Å²) in [4.78, 5) is 0. The third-order valence-electron chi connectivity index (χ3n) is 3.91. The van der Waals surface area contributed by atoms with E-state index < -0.39 is 0 Å². The van der Waals surface area contributed by atoms with Crippen molar-refractivity contribution in [3.63, 3.8) is 0 Å². The SMILES string of the molecule is CC(C)=CCc1c(O)cc(O)cc1OCCCC(C)CC=C(C)C. The largest absolute Gasteiger partial charge is 0.508 e. The zero-order valence-electron chi connectivity index (χ0n) is 15.7. The van der Waals surface area contributed by atoms with Gasteiger partial charge in [-0.2, -0.15) is 0 Å². The number of allylic oxidation sites excluding steroid dienone is 4. The van der Waals surface area contributed by atoms with E-state index in [9.17, 15) is 10.2 Å². The quantitative estimate of drug-likeness (QED) is 0.446. The van der Waals surface area contributed by atoms with Crippen molar-refractivity contribution in [2.24, 2.45) is 5.92 Å². The number of phenols is 2. The Balaban J connectivity index is 2.60. The molecule has 0 saturated carbocycles. The summed E-state index contributed by atoms with van der Waals surface area (Å²) in [5.41, 5.74) is 3.27. The van der Waals surface area contributed by atoms with Crippen LogP contribution in [0.15, 0.2) is 35.4 Å². The molecule has 0 spiro atoms. The zero-order chi connectivity index (χ0) is 18.1. The van der Waals surface area contributed by atoms with E-state index in [1.54, 1.807) is 6.07 Å². The summed E-state index contributed by atoms with van der Waals surface area (Å²) >= 11 is 0. The molecule has 0 aliphatic carbocycles. The molecule has 1 aromatic carbocycles. The lowest BCUT2D eigenvalue weighted by molar-refractivity contribution is 0.289. The molecule has 0 saturated heterocycles. The van der Waals surface area contributed by atoms with Crippen LogP contribution in [0.5, 0.6) is 17.2 Å². The van der Waals surface area contributed by atoms with Crippen molar-refractivity contribution < 1.29 is 14.9 Å². The highest BCUT2D eigenvalue weighted by molar-refractivity contribution is 5.50. The lowest BCUT2D eigenvalue weighted by Crippen LogP contribution is -2.03. The Bertz CT molecular complexity index is 577. The third kappa shape index (κ3) is 7.58. The van der Waals surface area contributed by atoms with Gasteiger partial charge in [-0.3, -0.25) is 0 Å². The number of rotatable bonds is 9. The molecule has 1 atom stereocenters. The molecule has 3 heteroatoms. The van der Waals surface area contributed by atoms with Crippen molar-refractivity contribution in [3.05, 3.63) is 41.0 Å². The molecule has 1 unspecified atom stereocenters. The Morgan fingerprint density at radius 2 is 1.75 bits per heavy atom. The van der Waals surface area contributed by atoms with E-state index >= 15 is 0 Å². The van der Waals surface area contributed by atoms with Gasteiger partial charge in [0.15, 0.2) is 0 Å². The minimum Gasteiger partial charge on any atom is -0.508 e. The number of hydrogen-bond donors (Lipinski definition) is 2. The van der Waals surface area contributed by atoms with Gasteiger partial charge in [-0.25, -0.2) is 0 Å². The minimum absolute atomic E-state index is 0.0281. The zero-order valence-corrected chi connectivity index (χ0v) is 15.7. The predicted molar refractivity (Wildman–Crippen MR) is 101 cm³/mol. The van der Waals surface area contributed by atoms with Crippen LogP contribution in [0.1, 0.15) is 59.4 Å². The average Bonchev–Trinajstić information content (AvgIpc) is 2.48. The molecule has 1 aromatic rings. The van der Waals surface area contributed by atoms with Crippen LogP contribution < -0.4 is 4.74 Å². The maximum absolute atomic E-state index is 10.1. The van der Waals surface area contributed by atoms with Crippen molar-refractivity contribution in [2.75, 3.05) is 6.61 Å². The summed E-state index contributed by atoms with van der Waals surface area (Å²) < 4.78 is 5.84. The summed E-state index contributed by atoms with van der Waals surface area (Å²) in [5.74, 6) is 1.31. The van der Waals surface area contributed by atoms with Crippen LogP contribution >= 0.6 is 0 Å². The fraction of sp³-hybridized carbons (Fsp3) is 0.524. The molecule has 3 nitrogen and oxygen atoms in total. The van der Waals surface area contributed by atoms with E-state index in [4.69, 9.17) is 4.74 Å². The number of ether oxygens (including phenoxy) is 1. The van der Waals surface area contributed by atoms with Gasteiger partial charge in [-0.1, -0.05) is 30.2 Å². The number of benzene rings is 1. The van der Waals surface area contributed by atoms with Gasteiger partial charge in [0, 0.05) is 17.7 Å². The van der Waals surface area contributed by atoms with Gasteiger partial charge in [-0.15, -0.1) is 0 Å². The van der Waals surface area contributed by atoms with E-state index in [0.717, 1.165) is 24.8 Å². The molecule has 0 aliphatic rings. The Morgan fingerprint density at radius 3 is 2.38 bits per heavy atom. The lowest BCUT2D eigenvalue weighted by Gasteiger charge is -2.14. The summed E-state index contributed by atoms with van der Waals surface area (Å²) in [5, 5.41) is 19.8. The van der Waals surface area contributed by atoms with Crippen LogP contribution in [-0.2, 0) is 6.42 Å². The first-order chi connectivity index (χ1) is 11.3. The Hall–Kier alpha value is -1.90. The van der Waals surface area contributed by atoms with Crippen LogP contribution in [0, 0.1) is 5.92 Å². The maximum atomic E-state index is 10.1. The van der Waals surface area contributed by atoms with Crippen molar-refractivity contribution in [2.45, 2.75) is 60.3 Å². The summed E-state index contributed by atoms with van der Waals surface area (Å²) in [7, 11) is 0. The van der Waals surface area contributed by atoms with E-state index in [1.165, 1.54) is 17.2 Å². The van der Waals surface area contributed by atoms with Crippen molar-refractivity contribution in [1.29, 1.82) is 0 Å². The van der Waals surface area contributed by atoms with Crippen LogP contribution in [0.2, 0.25) is 0 Å². The van der Waals surface area contributed by atoms with Gasteiger partial charge < -0.3 is 14.9 Å². The molecule has 24 heavy (non-hydrogen) atoms. The summed E-state index contributed by atoms with van der Waals surface area (Å²) in [6, 6.07) is 2.95. The molecular formula is C21H32O3. The highest BCUT2D eigenvalue weighted by Gasteiger charge is 2.11. The summed E-state index contributed by atoms with van der Waals surface area (Å²) in [6.07, 6.45) is 8.06. The van der Waals surface area contributed by atoms with Crippen LogP contribution in [-0.4, -0.2) is 16.8 Å². The van der Waals surface area contributed by atoms with Gasteiger partial charge in [-0.05, 0) is 59.3 Å². The molecule has 0 aliphatic heterocycles. The highest BCUT2D eigenvalue weighted by Crippen LogP contribution is 2.34. The van der Waals surface area contributed by atoms with Crippen LogP contribution in [0.3, 0.4) is 0 Å².